The lowest BCUT2D eigenvalue weighted by Crippen LogP contribution is -2.07. The highest BCUT2D eigenvalue weighted by atomic mass is 19.1. The average molecular weight is 363 g/mol. The molecule has 7 heteroatoms. The number of imidazole rings is 1. The van der Waals surface area contributed by atoms with Crippen LogP contribution in [0.15, 0.2) is 55.0 Å². The van der Waals surface area contributed by atoms with Crippen molar-refractivity contribution in [3.05, 3.63) is 66.4 Å². The van der Waals surface area contributed by atoms with Gasteiger partial charge in [0.15, 0.2) is 0 Å². The van der Waals surface area contributed by atoms with E-state index in [0.717, 1.165) is 22.2 Å². The smallest absolute Gasteiger partial charge is 0.147 e. The highest BCUT2D eigenvalue weighted by Gasteiger charge is 2.17. The minimum absolute atomic E-state index is 0.0267. The van der Waals surface area contributed by atoms with Gasteiger partial charge in [-0.15, -0.1) is 0 Å². The number of aliphatic hydroxyl groups excluding tert-OH is 1. The number of fused-ring (bicyclic) bond motifs is 1. The van der Waals surface area contributed by atoms with Crippen LogP contribution in [0.5, 0.6) is 0 Å². The summed E-state index contributed by atoms with van der Waals surface area (Å²) in [7, 11) is 0. The molecule has 0 atom stereocenters. The van der Waals surface area contributed by atoms with Crippen molar-refractivity contribution in [1.82, 2.24) is 19.5 Å². The monoisotopic (exact) mass is 363 g/mol. The van der Waals surface area contributed by atoms with E-state index in [1.165, 1.54) is 6.07 Å². The molecule has 0 aliphatic heterocycles. The van der Waals surface area contributed by atoms with E-state index in [1.54, 1.807) is 41.4 Å². The van der Waals surface area contributed by atoms with Crippen molar-refractivity contribution < 1.29 is 9.50 Å². The number of halogens is 1. The van der Waals surface area contributed by atoms with Gasteiger partial charge in [0.25, 0.3) is 0 Å². The van der Waals surface area contributed by atoms with Gasteiger partial charge in [0.1, 0.15) is 17.5 Å². The summed E-state index contributed by atoms with van der Waals surface area (Å²) in [5.74, 6) is 0.911. The fourth-order valence-corrected chi connectivity index (χ4v) is 2.97. The van der Waals surface area contributed by atoms with Gasteiger partial charge in [-0.05, 0) is 42.8 Å². The van der Waals surface area contributed by atoms with Gasteiger partial charge >= 0.3 is 0 Å². The number of aliphatic hydroxyl groups is 1. The summed E-state index contributed by atoms with van der Waals surface area (Å²) < 4.78 is 16.5. The molecule has 3 heterocycles. The van der Waals surface area contributed by atoms with E-state index < -0.39 is 0 Å². The zero-order valence-electron chi connectivity index (χ0n) is 14.7. The molecule has 0 fully saturated rings. The average Bonchev–Trinajstić information content (AvgIpc) is 3.06. The van der Waals surface area contributed by atoms with Gasteiger partial charge in [-0.2, -0.15) is 0 Å². The van der Waals surface area contributed by atoms with Crippen molar-refractivity contribution in [2.45, 2.75) is 6.92 Å². The number of aryl methyl sites for hydroxylation is 1. The maximum absolute atomic E-state index is 14.7. The van der Waals surface area contributed by atoms with Crippen LogP contribution in [0.1, 0.15) is 5.56 Å². The third kappa shape index (κ3) is 3.24. The first-order chi connectivity index (χ1) is 13.2. The van der Waals surface area contributed by atoms with E-state index in [4.69, 9.17) is 5.11 Å². The lowest BCUT2D eigenvalue weighted by atomic mass is 10.2. The molecule has 0 saturated heterocycles. The minimum Gasteiger partial charge on any atom is -0.395 e. The predicted octanol–water partition coefficient (Wildman–Crippen LogP) is 3.33. The van der Waals surface area contributed by atoms with Crippen LogP contribution in [0.4, 0.5) is 10.2 Å². The second-order valence-electron chi connectivity index (χ2n) is 6.17. The zero-order valence-corrected chi connectivity index (χ0v) is 14.7. The number of aromatic nitrogens is 4. The van der Waals surface area contributed by atoms with E-state index in [0.29, 0.717) is 23.9 Å². The highest BCUT2D eigenvalue weighted by molar-refractivity contribution is 5.82. The summed E-state index contributed by atoms with van der Waals surface area (Å²) in [5, 5.41) is 11.9. The summed E-state index contributed by atoms with van der Waals surface area (Å²) in [5.41, 5.74) is 3.45. The van der Waals surface area contributed by atoms with Crippen molar-refractivity contribution in [2.75, 3.05) is 18.5 Å². The van der Waals surface area contributed by atoms with Gasteiger partial charge < -0.3 is 10.4 Å². The Morgan fingerprint density at radius 3 is 2.78 bits per heavy atom. The molecular weight excluding hydrogens is 345 g/mol. The summed E-state index contributed by atoms with van der Waals surface area (Å²) >= 11 is 0. The molecule has 0 aliphatic carbocycles. The third-order valence-corrected chi connectivity index (χ3v) is 4.24. The summed E-state index contributed by atoms with van der Waals surface area (Å²) in [6.07, 6.45) is 5.02. The van der Waals surface area contributed by atoms with Gasteiger partial charge in [0.05, 0.1) is 29.5 Å². The number of rotatable bonds is 5. The summed E-state index contributed by atoms with van der Waals surface area (Å²) in [6.45, 7) is 2.30. The first-order valence-corrected chi connectivity index (χ1v) is 8.57. The Bertz CT molecular complexity index is 1090. The number of anilines is 1. The molecular formula is C20H18FN5O. The molecule has 0 saturated carbocycles. The predicted molar refractivity (Wildman–Crippen MR) is 102 cm³/mol. The Labute approximate surface area is 155 Å². The lowest BCUT2D eigenvalue weighted by Gasteiger charge is -2.11. The van der Waals surface area contributed by atoms with Crippen LogP contribution in [0.3, 0.4) is 0 Å². The Morgan fingerprint density at radius 2 is 2.04 bits per heavy atom. The Balaban J connectivity index is 1.88. The van der Waals surface area contributed by atoms with Gasteiger partial charge in [-0.3, -0.25) is 9.55 Å². The van der Waals surface area contributed by atoms with Crippen molar-refractivity contribution >= 4 is 16.9 Å². The van der Waals surface area contributed by atoms with E-state index in [2.05, 4.69) is 20.3 Å². The zero-order chi connectivity index (χ0) is 18.8. The molecule has 3 aromatic heterocycles. The van der Waals surface area contributed by atoms with Gasteiger partial charge in [-0.25, -0.2) is 14.4 Å². The molecule has 4 aromatic rings. The maximum Gasteiger partial charge on any atom is 0.147 e. The standard InChI is InChI=1S/C20H18FN5O/c1-13-2-4-17(15(21)10-13)26-18-12-22-7-6-16(18)25-20(26)14-3-5-19(24-11-14)23-8-9-27/h2-7,10-12,27H,8-9H2,1H3,(H,23,24). The molecule has 0 amide bonds. The van der Waals surface area contributed by atoms with Crippen LogP contribution < -0.4 is 5.32 Å². The molecule has 0 radical (unpaired) electrons. The molecule has 2 N–H and O–H groups in total. The van der Waals surface area contributed by atoms with E-state index in [-0.39, 0.29) is 12.4 Å². The molecule has 0 unspecified atom stereocenters. The quantitative estimate of drug-likeness (QED) is 0.569. The molecule has 0 spiro atoms. The van der Waals surface area contributed by atoms with E-state index in [9.17, 15) is 4.39 Å². The topological polar surface area (TPSA) is 75.9 Å². The van der Waals surface area contributed by atoms with Crippen LogP contribution in [-0.2, 0) is 0 Å². The fraction of sp³-hybridized carbons (Fsp3) is 0.150. The Morgan fingerprint density at radius 1 is 1.15 bits per heavy atom. The largest absolute Gasteiger partial charge is 0.395 e. The highest BCUT2D eigenvalue weighted by Crippen LogP contribution is 2.29. The first-order valence-electron chi connectivity index (χ1n) is 8.57. The molecule has 6 nitrogen and oxygen atoms in total. The fourth-order valence-electron chi connectivity index (χ4n) is 2.97. The minimum atomic E-state index is -0.325. The number of nitrogens with one attached hydrogen (secondary N) is 1. The molecule has 1 aromatic carbocycles. The van der Waals surface area contributed by atoms with Crippen molar-refractivity contribution in [3.63, 3.8) is 0 Å². The molecule has 0 bridgehead atoms. The number of hydrogen-bond donors (Lipinski definition) is 2. The van der Waals surface area contributed by atoms with Crippen LogP contribution in [0.2, 0.25) is 0 Å². The summed E-state index contributed by atoms with van der Waals surface area (Å²) in [6, 6.07) is 10.6. The SMILES string of the molecule is Cc1ccc(-n2c(-c3ccc(NCCO)nc3)nc3ccncc32)c(F)c1. The Kier molecular flexibility index (Phi) is 4.52. The second-order valence-corrected chi connectivity index (χ2v) is 6.17. The van der Waals surface area contributed by atoms with Crippen molar-refractivity contribution in [2.24, 2.45) is 0 Å². The molecule has 0 aliphatic rings. The Hall–Kier alpha value is -3.32. The second kappa shape index (κ2) is 7.13. The third-order valence-electron chi connectivity index (χ3n) is 4.24. The van der Waals surface area contributed by atoms with E-state index >= 15 is 0 Å². The van der Waals surface area contributed by atoms with Crippen molar-refractivity contribution in [3.8, 4) is 17.1 Å². The molecule has 136 valence electrons. The van der Waals surface area contributed by atoms with Gasteiger partial charge in [-0.1, -0.05) is 6.07 Å². The molecule has 27 heavy (non-hydrogen) atoms. The number of hydrogen-bond acceptors (Lipinski definition) is 5. The van der Waals surface area contributed by atoms with Gasteiger partial charge in [0.2, 0.25) is 0 Å². The van der Waals surface area contributed by atoms with Crippen LogP contribution in [0, 0.1) is 12.7 Å². The van der Waals surface area contributed by atoms with E-state index in [1.807, 2.05) is 19.1 Å². The van der Waals surface area contributed by atoms with Crippen LogP contribution in [-0.4, -0.2) is 37.8 Å². The van der Waals surface area contributed by atoms with Crippen LogP contribution >= 0.6 is 0 Å². The summed E-state index contributed by atoms with van der Waals surface area (Å²) in [4.78, 5) is 13.2. The molecule has 4 rings (SSSR count). The lowest BCUT2D eigenvalue weighted by molar-refractivity contribution is 0.311. The van der Waals surface area contributed by atoms with Crippen molar-refractivity contribution in [1.29, 1.82) is 0 Å². The first kappa shape index (κ1) is 17.1. The number of pyridine rings is 2. The number of benzene rings is 1. The number of nitrogens with zero attached hydrogens (tertiary/aromatic N) is 4. The normalized spacial score (nSPS) is 11.1. The van der Waals surface area contributed by atoms with Gasteiger partial charge in [0, 0.05) is 24.5 Å². The van der Waals surface area contributed by atoms with Crippen LogP contribution in [0.25, 0.3) is 28.1 Å². The maximum atomic E-state index is 14.7.